The van der Waals surface area contributed by atoms with Gasteiger partial charge in [0.25, 0.3) is 0 Å². The number of nitrogens with zero attached hydrogens (tertiary/aromatic N) is 3. The fourth-order valence-electron chi connectivity index (χ4n) is 9.03. The molecule has 260 valence electrons. The van der Waals surface area contributed by atoms with Crippen molar-refractivity contribution in [1.29, 1.82) is 0 Å². The first-order valence-electron chi connectivity index (χ1n) is 19.3. The van der Waals surface area contributed by atoms with Gasteiger partial charge in [0.1, 0.15) is 7.05 Å². The fourth-order valence-corrected chi connectivity index (χ4v) is 9.03. The Labute approximate surface area is 309 Å². The molecule has 4 aromatic carbocycles. The molecule has 52 heavy (non-hydrogen) atoms. The van der Waals surface area contributed by atoms with Crippen molar-refractivity contribution in [3.05, 3.63) is 144 Å². The Balaban J connectivity index is 1.47. The molecule has 3 heteroatoms. The van der Waals surface area contributed by atoms with Gasteiger partial charge in [0.15, 0.2) is 17.9 Å². The summed E-state index contributed by atoms with van der Waals surface area (Å²) in [5, 5.41) is 2.63. The second kappa shape index (κ2) is 13.4. The van der Waals surface area contributed by atoms with Crippen molar-refractivity contribution in [1.82, 2.24) is 4.57 Å². The maximum absolute atomic E-state index is 2.64. The molecule has 0 saturated carbocycles. The number of fused-ring (bicyclic) bond motifs is 6. The Bertz CT molecular complexity index is 2490. The topological polar surface area (TPSA) is 12.7 Å². The van der Waals surface area contributed by atoms with Gasteiger partial charge in [-0.25, -0.2) is 4.57 Å². The third-order valence-electron chi connectivity index (χ3n) is 11.6. The normalized spacial score (nSPS) is 14.3. The number of para-hydroxylation sites is 1. The first kappa shape index (κ1) is 33.8. The van der Waals surface area contributed by atoms with Gasteiger partial charge < -0.3 is 4.57 Å². The molecule has 1 aliphatic rings. The molecule has 1 aliphatic heterocycles. The van der Waals surface area contributed by atoms with Crippen LogP contribution in [0.2, 0.25) is 0 Å². The minimum Gasteiger partial charge on any atom is -0.340 e. The molecule has 3 nitrogen and oxygen atoms in total. The monoisotopic (exact) mass is 681 g/mol. The minimum atomic E-state index is -0.243. The average Bonchev–Trinajstić information content (AvgIpc) is 3.46. The summed E-state index contributed by atoms with van der Waals surface area (Å²) in [5.41, 5.74) is 16.7. The number of pyridine rings is 2. The van der Waals surface area contributed by atoms with Crippen LogP contribution in [0.15, 0.2) is 122 Å². The van der Waals surface area contributed by atoms with E-state index in [4.69, 9.17) is 0 Å². The Morgan fingerprint density at radius 1 is 0.673 bits per heavy atom. The van der Waals surface area contributed by atoms with Crippen LogP contribution in [-0.4, -0.2) is 4.57 Å². The molecule has 0 N–H and O–H groups in total. The molecule has 4 heterocycles. The number of benzene rings is 4. The van der Waals surface area contributed by atoms with Gasteiger partial charge >= 0.3 is 0 Å². The molecule has 0 atom stereocenters. The predicted molar refractivity (Wildman–Crippen MR) is 219 cm³/mol. The molecule has 0 spiro atoms. The molecule has 0 aliphatic carbocycles. The minimum absolute atomic E-state index is 0.243. The van der Waals surface area contributed by atoms with Gasteiger partial charge in [-0.05, 0) is 77.9 Å². The quantitative estimate of drug-likeness (QED) is 0.142. The second-order valence-electron chi connectivity index (χ2n) is 15.2. The van der Waals surface area contributed by atoms with E-state index in [0.29, 0.717) is 5.92 Å². The SMILES string of the molecule is CCc1cc2[n+](cc1-c1ccccc1)C(CC)(CC)C(=Cc1cc3c4ccccc4n(CC(C)C)c3cc1-c1ccc(C)c[n+]1C)c1ccccc1-2. The van der Waals surface area contributed by atoms with Crippen molar-refractivity contribution in [3.63, 3.8) is 0 Å². The molecule has 3 aromatic heterocycles. The van der Waals surface area contributed by atoms with Crippen LogP contribution in [0.3, 0.4) is 0 Å². The summed E-state index contributed by atoms with van der Waals surface area (Å²) in [5.74, 6) is 0.527. The Morgan fingerprint density at radius 3 is 2.10 bits per heavy atom. The van der Waals surface area contributed by atoms with Crippen molar-refractivity contribution in [2.75, 3.05) is 0 Å². The molecular weight excluding hydrogens is 631 g/mol. The molecular formula is C49H51N3+2. The van der Waals surface area contributed by atoms with Crippen molar-refractivity contribution in [3.8, 4) is 33.6 Å². The Hall–Kier alpha value is -5.28. The van der Waals surface area contributed by atoms with Crippen LogP contribution in [-0.2, 0) is 25.6 Å². The van der Waals surface area contributed by atoms with Crippen LogP contribution in [0.4, 0.5) is 0 Å². The number of aromatic nitrogens is 3. The van der Waals surface area contributed by atoms with Gasteiger partial charge in [-0.3, -0.25) is 0 Å². The summed E-state index contributed by atoms with van der Waals surface area (Å²) < 4.78 is 7.49. The van der Waals surface area contributed by atoms with E-state index in [0.717, 1.165) is 25.8 Å². The van der Waals surface area contributed by atoms with E-state index >= 15 is 0 Å². The first-order valence-corrected chi connectivity index (χ1v) is 19.3. The molecule has 0 unspecified atom stereocenters. The van der Waals surface area contributed by atoms with Crippen molar-refractivity contribution >= 4 is 33.5 Å². The van der Waals surface area contributed by atoms with E-state index in [1.807, 2.05) is 0 Å². The standard InChI is InChI=1S/C49H51N3/c1-8-35-28-48-39-21-15-14-20-38(39)44(49(9-2,10-3)52(48)32-43(35)36-18-12-11-13-19-36)27-37-26-42-40-22-16-17-23-46(40)51(30-33(4)5)47(42)29-41(37)45-25-24-34(6)31-50(45)7/h11-29,31-33H,8-10,30H2,1-7H3/q+2. The maximum atomic E-state index is 2.64. The number of rotatable bonds is 8. The zero-order valence-electron chi connectivity index (χ0n) is 31.9. The summed E-state index contributed by atoms with van der Waals surface area (Å²) in [6.07, 6.45) is 10.2. The largest absolute Gasteiger partial charge is 0.340 e. The predicted octanol–water partition coefficient (Wildman–Crippen LogP) is 11.5. The summed E-state index contributed by atoms with van der Waals surface area (Å²) in [6, 6.07) is 41.0. The summed E-state index contributed by atoms with van der Waals surface area (Å²) in [7, 11) is 2.19. The lowest BCUT2D eigenvalue weighted by Crippen LogP contribution is -2.59. The number of allylic oxidation sites excluding steroid dienone is 1. The first-order chi connectivity index (χ1) is 25.3. The number of aryl methyl sites for hydroxylation is 3. The van der Waals surface area contributed by atoms with Gasteiger partial charge in [0, 0.05) is 70.0 Å². The van der Waals surface area contributed by atoms with Gasteiger partial charge in [-0.2, -0.15) is 4.57 Å². The molecule has 0 saturated heterocycles. The number of hydrogen-bond donors (Lipinski definition) is 0. The fraction of sp³-hybridized carbons (Fsp3) is 0.265. The van der Waals surface area contributed by atoms with Crippen LogP contribution in [0.1, 0.15) is 69.7 Å². The molecule has 0 amide bonds. The Kier molecular flexibility index (Phi) is 8.70. The smallest absolute Gasteiger partial charge is 0.214 e. The van der Waals surface area contributed by atoms with Gasteiger partial charge in [-0.1, -0.05) is 101 Å². The number of hydrogen-bond acceptors (Lipinski definition) is 0. The van der Waals surface area contributed by atoms with Gasteiger partial charge in [-0.15, -0.1) is 0 Å². The van der Waals surface area contributed by atoms with E-state index in [1.54, 1.807) is 0 Å². The van der Waals surface area contributed by atoms with E-state index in [1.165, 1.54) is 83.3 Å². The highest BCUT2D eigenvalue weighted by molar-refractivity contribution is 6.11. The van der Waals surface area contributed by atoms with Crippen molar-refractivity contribution in [2.45, 2.75) is 72.9 Å². The summed E-state index contributed by atoms with van der Waals surface area (Å²) in [6.45, 7) is 14.8. The van der Waals surface area contributed by atoms with Crippen LogP contribution >= 0.6 is 0 Å². The lowest BCUT2D eigenvalue weighted by Gasteiger charge is -2.36. The third kappa shape index (κ3) is 5.41. The van der Waals surface area contributed by atoms with Crippen LogP contribution in [0.25, 0.3) is 67.1 Å². The molecule has 0 bridgehead atoms. The lowest BCUT2D eigenvalue weighted by molar-refractivity contribution is -0.741. The van der Waals surface area contributed by atoms with Gasteiger partial charge in [0.05, 0.1) is 11.1 Å². The maximum Gasteiger partial charge on any atom is 0.214 e. The average molecular weight is 682 g/mol. The molecule has 0 radical (unpaired) electrons. The molecule has 7 aromatic rings. The third-order valence-corrected chi connectivity index (χ3v) is 11.6. The molecule has 0 fully saturated rings. The summed E-state index contributed by atoms with van der Waals surface area (Å²) >= 11 is 0. The molecule has 8 rings (SSSR count). The van der Waals surface area contributed by atoms with Crippen LogP contribution in [0.5, 0.6) is 0 Å². The van der Waals surface area contributed by atoms with Gasteiger partial charge in [0.2, 0.25) is 11.4 Å². The highest BCUT2D eigenvalue weighted by atomic mass is 15.1. The van der Waals surface area contributed by atoms with Crippen molar-refractivity contribution in [2.24, 2.45) is 13.0 Å². The van der Waals surface area contributed by atoms with E-state index < -0.39 is 0 Å². The second-order valence-corrected chi connectivity index (χ2v) is 15.2. The van der Waals surface area contributed by atoms with Crippen LogP contribution in [0, 0.1) is 12.8 Å². The van der Waals surface area contributed by atoms with E-state index in [-0.39, 0.29) is 5.54 Å². The lowest BCUT2D eigenvalue weighted by atomic mass is 9.73. The highest BCUT2D eigenvalue weighted by Crippen LogP contribution is 2.47. The van der Waals surface area contributed by atoms with E-state index in [9.17, 15) is 0 Å². The van der Waals surface area contributed by atoms with E-state index in [2.05, 4.69) is 190 Å². The zero-order valence-corrected chi connectivity index (χ0v) is 31.9. The summed E-state index contributed by atoms with van der Waals surface area (Å²) in [4.78, 5) is 0. The Morgan fingerprint density at radius 2 is 1.38 bits per heavy atom. The van der Waals surface area contributed by atoms with Crippen LogP contribution < -0.4 is 9.13 Å². The van der Waals surface area contributed by atoms with Crippen molar-refractivity contribution < 1.29 is 9.13 Å². The highest BCUT2D eigenvalue weighted by Gasteiger charge is 2.48. The zero-order chi connectivity index (χ0) is 36.1.